The summed E-state index contributed by atoms with van der Waals surface area (Å²) in [6.45, 7) is 6.78. The maximum absolute atomic E-state index is 5.09. The van der Waals surface area contributed by atoms with Crippen molar-refractivity contribution in [2.45, 2.75) is 26.2 Å². The second-order valence-electron chi connectivity index (χ2n) is 18.7. The number of hydrogen-bond donors (Lipinski definition) is 0. The maximum atomic E-state index is 5.09. The lowest BCUT2D eigenvalue weighted by atomic mass is 9.86. The Bertz CT molecular complexity index is 4040. The lowest BCUT2D eigenvalue weighted by Gasteiger charge is -2.19. The molecule has 4 aromatic heterocycles. The normalized spacial score (nSPS) is 12.1. The van der Waals surface area contributed by atoms with Crippen molar-refractivity contribution in [1.29, 1.82) is 0 Å². The molecule has 0 radical (unpaired) electrons. The van der Waals surface area contributed by atoms with Gasteiger partial charge in [-0.1, -0.05) is 148 Å². The van der Waals surface area contributed by atoms with Gasteiger partial charge in [0.2, 0.25) is 5.95 Å². The van der Waals surface area contributed by atoms with Gasteiger partial charge in [-0.25, -0.2) is 9.97 Å². The maximum Gasteiger partial charge on any atom is 0.234 e. The molecule has 13 rings (SSSR count). The standard InChI is InChI=1S/C62H45N5/c1-62(2,3)46-28-22-40(23-29-46)41-25-31-57-53(34-41)54-36-43(27-32-58(54)65(57)47-14-6-4-7-15-47)45-38-63-61(64-39-45)67-56-21-13-11-19-50(56)52-35-42(26-33-59(52)67)44-24-30-51-49-18-10-12-20-55(49)66(60(51)37-44)48-16-8-5-9-17-48/h4-39H,1-3H3. The average Bonchev–Trinajstić information content (AvgIpc) is 4.01. The topological polar surface area (TPSA) is 40.6 Å². The van der Waals surface area contributed by atoms with Crippen LogP contribution in [0.5, 0.6) is 0 Å². The van der Waals surface area contributed by atoms with Crippen molar-refractivity contribution in [2.24, 2.45) is 0 Å². The second-order valence-corrected chi connectivity index (χ2v) is 18.7. The van der Waals surface area contributed by atoms with Crippen LogP contribution in [0.3, 0.4) is 0 Å². The third-order valence-corrected chi connectivity index (χ3v) is 13.7. The highest BCUT2D eigenvalue weighted by molar-refractivity contribution is 6.13. The molecule has 0 bridgehead atoms. The van der Waals surface area contributed by atoms with Crippen molar-refractivity contribution >= 4 is 65.4 Å². The minimum atomic E-state index is 0.0995. The predicted octanol–water partition coefficient (Wildman–Crippen LogP) is 16.1. The Kier molecular flexibility index (Phi) is 8.71. The van der Waals surface area contributed by atoms with Crippen LogP contribution in [0.25, 0.3) is 116 Å². The summed E-state index contributed by atoms with van der Waals surface area (Å²) in [5.74, 6) is 0.639. The van der Waals surface area contributed by atoms with Gasteiger partial charge in [0.25, 0.3) is 0 Å². The van der Waals surface area contributed by atoms with Crippen LogP contribution in [-0.2, 0) is 5.41 Å². The number of aromatic nitrogens is 5. The smallest absolute Gasteiger partial charge is 0.234 e. The fraction of sp³-hybridized carbons (Fsp3) is 0.0645. The van der Waals surface area contributed by atoms with E-state index < -0.39 is 0 Å². The van der Waals surface area contributed by atoms with Crippen molar-refractivity contribution in [1.82, 2.24) is 23.7 Å². The number of fused-ring (bicyclic) bond motifs is 9. The van der Waals surface area contributed by atoms with E-state index in [4.69, 9.17) is 9.97 Å². The summed E-state index contributed by atoms with van der Waals surface area (Å²) in [6, 6.07) is 74.9. The van der Waals surface area contributed by atoms with E-state index in [2.05, 4.69) is 241 Å². The first-order chi connectivity index (χ1) is 32.9. The minimum Gasteiger partial charge on any atom is -0.309 e. The summed E-state index contributed by atoms with van der Waals surface area (Å²) in [7, 11) is 0. The molecule has 0 amide bonds. The molecule has 0 aliphatic rings. The Morgan fingerprint density at radius 1 is 0.299 bits per heavy atom. The second kappa shape index (κ2) is 15.0. The van der Waals surface area contributed by atoms with Crippen molar-refractivity contribution in [3.63, 3.8) is 0 Å². The molecule has 5 nitrogen and oxygen atoms in total. The first kappa shape index (κ1) is 38.9. The van der Waals surface area contributed by atoms with Crippen LogP contribution in [0.15, 0.2) is 219 Å². The molecule has 9 aromatic carbocycles. The van der Waals surface area contributed by atoms with E-state index in [0.29, 0.717) is 5.95 Å². The first-order valence-corrected chi connectivity index (χ1v) is 23.1. The third-order valence-electron chi connectivity index (χ3n) is 13.7. The largest absolute Gasteiger partial charge is 0.309 e. The SMILES string of the molecule is CC(C)(C)c1ccc(-c2ccc3c(c2)c2cc(-c4cnc(-n5c6ccccc6c6cc(-c7ccc8c9ccccc9n(-c9ccccc9)c8c7)ccc65)nc4)ccc2n3-c2ccccc2)cc1. The summed E-state index contributed by atoms with van der Waals surface area (Å²) in [5, 5.41) is 7.21. The molecule has 0 saturated carbocycles. The van der Waals surface area contributed by atoms with E-state index in [9.17, 15) is 0 Å². The van der Waals surface area contributed by atoms with E-state index in [0.717, 1.165) is 55.4 Å². The highest BCUT2D eigenvalue weighted by atomic mass is 15.1. The van der Waals surface area contributed by atoms with E-state index in [-0.39, 0.29) is 5.41 Å². The fourth-order valence-corrected chi connectivity index (χ4v) is 10.4. The van der Waals surface area contributed by atoms with Crippen molar-refractivity contribution in [3.05, 3.63) is 224 Å². The molecule has 4 heterocycles. The molecule has 0 spiro atoms. The monoisotopic (exact) mass is 859 g/mol. The summed E-state index contributed by atoms with van der Waals surface area (Å²) < 4.78 is 6.95. The molecule has 0 saturated heterocycles. The highest BCUT2D eigenvalue weighted by Gasteiger charge is 2.19. The molecular formula is C62H45N5. The number of benzene rings is 9. The van der Waals surface area contributed by atoms with E-state index >= 15 is 0 Å². The van der Waals surface area contributed by atoms with Gasteiger partial charge in [0.15, 0.2) is 0 Å². The molecule has 318 valence electrons. The lowest BCUT2D eigenvalue weighted by molar-refractivity contribution is 0.590. The van der Waals surface area contributed by atoms with E-state index in [1.807, 2.05) is 12.4 Å². The summed E-state index contributed by atoms with van der Waals surface area (Å²) in [6.07, 6.45) is 3.94. The first-order valence-electron chi connectivity index (χ1n) is 23.1. The zero-order chi connectivity index (χ0) is 44.8. The quantitative estimate of drug-likeness (QED) is 0.167. The molecular weight excluding hydrogens is 815 g/mol. The Hall–Kier alpha value is -8.54. The lowest BCUT2D eigenvalue weighted by Crippen LogP contribution is -2.10. The molecule has 13 aromatic rings. The van der Waals surface area contributed by atoms with Crippen LogP contribution in [0.2, 0.25) is 0 Å². The van der Waals surface area contributed by atoms with Gasteiger partial charge in [-0.2, -0.15) is 0 Å². The fourth-order valence-electron chi connectivity index (χ4n) is 10.4. The van der Waals surface area contributed by atoms with Gasteiger partial charge in [-0.15, -0.1) is 0 Å². The van der Waals surface area contributed by atoms with Crippen molar-refractivity contribution in [3.8, 4) is 50.7 Å². The Morgan fingerprint density at radius 3 is 1.27 bits per heavy atom. The Labute approximate surface area is 388 Å². The molecule has 5 heteroatoms. The van der Waals surface area contributed by atoms with Crippen molar-refractivity contribution < 1.29 is 0 Å². The van der Waals surface area contributed by atoms with Gasteiger partial charge >= 0.3 is 0 Å². The van der Waals surface area contributed by atoms with Gasteiger partial charge in [0.1, 0.15) is 0 Å². The van der Waals surface area contributed by atoms with Crippen molar-refractivity contribution in [2.75, 3.05) is 0 Å². The molecule has 0 aliphatic carbocycles. The Balaban J connectivity index is 0.896. The van der Waals surface area contributed by atoms with Crippen LogP contribution in [0.1, 0.15) is 26.3 Å². The number of nitrogens with zero attached hydrogens (tertiary/aromatic N) is 5. The molecule has 0 aliphatic heterocycles. The highest BCUT2D eigenvalue weighted by Crippen LogP contribution is 2.40. The van der Waals surface area contributed by atoms with Gasteiger partial charge < -0.3 is 9.13 Å². The number of rotatable bonds is 6. The van der Waals surface area contributed by atoms with Crippen LogP contribution < -0.4 is 0 Å². The van der Waals surface area contributed by atoms with Crippen LogP contribution in [0.4, 0.5) is 0 Å². The summed E-state index contributed by atoms with van der Waals surface area (Å²) in [5.41, 5.74) is 17.3. The van der Waals surface area contributed by atoms with Crippen LogP contribution in [0, 0.1) is 0 Å². The summed E-state index contributed by atoms with van der Waals surface area (Å²) >= 11 is 0. The van der Waals surface area contributed by atoms with E-state index in [1.54, 1.807) is 0 Å². The van der Waals surface area contributed by atoms with Crippen LogP contribution in [-0.4, -0.2) is 23.7 Å². The molecule has 0 fully saturated rings. The number of hydrogen-bond acceptors (Lipinski definition) is 2. The molecule has 0 atom stereocenters. The third kappa shape index (κ3) is 6.30. The van der Waals surface area contributed by atoms with Gasteiger partial charge in [-0.05, 0) is 118 Å². The average molecular weight is 860 g/mol. The molecule has 0 unspecified atom stereocenters. The van der Waals surface area contributed by atoms with Gasteiger partial charge in [0.05, 0.1) is 33.1 Å². The zero-order valence-electron chi connectivity index (χ0n) is 37.5. The Morgan fingerprint density at radius 2 is 0.687 bits per heavy atom. The molecule has 67 heavy (non-hydrogen) atoms. The summed E-state index contributed by atoms with van der Waals surface area (Å²) in [4.78, 5) is 10.2. The predicted molar refractivity (Wildman–Crippen MR) is 280 cm³/mol. The van der Waals surface area contributed by atoms with E-state index in [1.165, 1.54) is 60.3 Å². The van der Waals surface area contributed by atoms with Gasteiger partial charge in [0, 0.05) is 61.6 Å². The molecule has 0 N–H and O–H groups in total. The van der Waals surface area contributed by atoms with Crippen LogP contribution >= 0.6 is 0 Å². The zero-order valence-corrected chi connectivity index (χ0v) is 37.5. The number of para-hydroxylation sites is 4. The van der Waals surface area contributed by atoms with Gasteiger partial charge in [-0.3, -0.25) is 4.57 Å². The minimum absolute atomic E-state index is 0.0995.